The Kier molecular flexibility index (Phi) is 4.37. The first-order valence-electron chi connectivity index (χ1n) is 7.21. The summed E-state index contributed by atoms with van der Waals surface area (Å²) in [6, 6.07) is 13.3. The number of hydrogen-bond acceptors (Lipinski definition) is 2. The molecule has 0 aliphatic carbocycles. The van der Waals surface area contributed by atoms with Crippen LogP contribution < -0.4 is 0 Å². The van der Waals surface area contributed by atoms with Crippen molar-refractivity contribution in [2.45, 2.75) is 33.3 Å². The van der Waals surface area contributed by atoms with E-state index in [2.05, 4.69) is 12.0 Å². The molecule has 112 valence electrons. The minimum atomic E-state index is -0.497. The molecule has 0 bridgehead atoms. The van der Waals surface area contributed by atoms with Crippen LogP contribution in [-0.4, -0.2) is 11.6 Å². The van der Waals surface area contributed by atoms with Gasteiger partial charge in [0.1, 0.15) is 5.60 Å². The summed E-state index contributed by atoms with van der Waals surface area (Å²) in [4.78, 5) is 12.0. The Balaban J connectivity index is 2.32. The highest BCUT2D eigenvalue weighted by molar-refractivity contribution is 5.90. The number of ether oxygens (including phenoxy) is 1. The molecule has 22 heavy (non-hydrogen) atoms. The van der Waals surface area contributed by atoms with Gasteiger partial charge in [-0.25, -0.2) is 4.79 Å². The van der Waals surface area contributed by atoms with Crippen molar-refractivity contribution >= 4 is 5.97 Å². The van der Waals surface area contributed by atoms with Crippen LogP contribution in [0.3, 0.4) is 0 Å². The average Bonchev–Trinajstić information content (AvgIpc) is 2.45. The van der Waals surface area contributed by atoms with Crippen LogP contribution >= 0.6 is 0 Å². The Labute approximate surface area is 132 Å². The highest BCUT2D eigenvalue weighted by atomic mass is 16.6. The Morgan fingerprint density at radius 2 is 1.73 bits per heavy atom. The van der Waals surface area contributed by atoms with Crippen LogP contribution in [0, 0.1) is 19.3 Å². The molecule has 0 N–H and O–H groups in total. The lowest BCUT2D eigenvalue weighted by Gasteiger charge is -2.19. The van der Waals surface area contributed by atoms with Crippen molar-refractivity contribution in [1.29, 1.82) is 0 Å². The molecule has 2 aromatic carbocycles. The van der Waals surface area contributed by atoms with Gasteiger partial charge in [-0.15, -0.1) is 6.42 Å². The van der Waals surface area contributed by atoms with Crippen LogP contribution in [0.1, 0.15) is 42.3 Å². The van der Waals surface area contributed by atoms with Gasteiger partial charge in [0, 0.05) is 5.56 Å². The molecule has 0 saturated carbocycles. The molecule has 0 radical (unpaired) electrons. The van der Waals surface area contributed by atoms with Crippen molar-refractivity contribution in [3.05, 3.63) is 59.2 Å². The first-order valence-corrected chi connectivity index (χ1v) is 7.21. The Morgan fingerprint density at radius 1 is 1.09 bits per heavy atom. The van der Waals surface area contributed by atoms with Gasteiger partial charge in [-0.2, -0.15) is 0 Å². The van der Waals surface area contributed by atoms with Crippen LogP contribution in [0.25, 0.3) is 11.1 Å². The zero-order chi connectivity index (χ0) is 16.3. The topological polar surface area (TPSA) is 26.3 Å². The van der Waals surface area contributed by atoms with Gasteiger partial charge in [-0.1, -0.05) is 35.7 Å². The van der Waals surface area contributed by atoms with E-state index in [4.69, 9.17) is 11.2 Å². The number of benzene rings is 2. The monoisotopic (exact) mass is 292 g/mol. The van der Waals surface area contributed by atoms with Gasteiger partial charge in [0.2, 0.25) is 0 Å². The van der Waals surface area contributed by atoms with Crippen LogP contribution in [0.4, 0.5) is 0 Å². The highest BCUT2D eigenvalue weighted by Crippen LogP contribution is 2.25. The smallest absolute Gasteiger partial charge is 0.338 e. The van der Waals surface area contributed by atoms with Crippen molar-refractivity contribution in [3.8, 4) is 23.5 Å². The molecule has 0 atom stereocenters. The maximum absolute atomic E-state index is 12.0. The van der Waals surface area contributed by atoms with Gasteiger partial charge in [0.05, 0.1) is 5.56 Å². The molecule has 0 fully saturated rings. The molecular weight excluding hydrogens is 272 g/mol. The molecule has 0 aliphatic heterocycles. The number of rotatable bonds is 2. The second-order valence-electron chi connectivity index (χ2n) is 6.27. The van der Waals surface area contributed by atoms with E-state index in [0.29, 0.717) is 5.56 Å². The predicted molar refractivity (Wildman–Crippen MR) is 89.7 cm³/mol. The molecule has 2 aromatic rings. The maximum atomic E-state index is 12.0. The zero-order valence-electron chi connectivity index (χ0n) is 13.4. The molecule has 0 saturated heterocycles. The third-order valence-corrected chi connectivity index (χ3v) is 3.16. The molecule has 0 amide bonds. The molecular formula is C20H20O2. The molecule has 0 spiro atoms. The van der Waals surface area contributed by atoms with Gasteiger partial charge in [-0.3, -0.25) is 0 Å². The average molecular weight is 292 g/mol. The van der Waals surface area contributed by atoms with Crippen molar-refractivity contribution in [2.75, 3.05) is 0 Å². The zero-order valence-corrected chi connectivity index (χ0v) is 13.4. The van der Waals surface area contributed by atoms with Crippen molar-refractivity contribution in [1.82, 2.24) is 0 Å². The molecule has 0 heterocycles. The standard InChI is InChI=1S/C20H20O2/c1-6-15-8-7-14(2)13-18(15)16-9-11-17(12-10-16)19(21)22-20(3,4)5/h1,7-13H,2-5H3. The van der Waals surface area contributed by atoms with Gasteiger partial charge in [0.25, 0.3) is 0 Å². The molecule has 0 aliphatic rings. The van der Waals surface area contributed by atoms with Gasteiger partial charge in [-0.05, 0) is 57.0 Å². The fraction of sp³-hybridized carbons (Fsp3) is 0.250. The van der Waals surface area contributed by atoms with Crippen molar-refractivity contribution < 1.29 is 9.53 Å². The minimum Gasteiger partial charge on any atom is -0.456 e. The van der Waals surface area contributed by atoms with Crippen LogP contribution in [0.15, 0.2) is 42.5 Å². The fourth-order valence-corrected chi connectivity index (χ4v) is 2.15. The van der Waals surface area contributed by atoms with E-state index >= 15 is 0 Å². The summed E-state index contributed by atoms with van der Waals surface area (Å²) in [6.07, 6.45) is 5.56. The van der Waals surface area contributed by atoms with Crippen molar-refractivity contribution in [3.63, 3.8) is 0 Å². The van der Waals surface area contributed by atoms with Gasteiger partial charge in [0.15, 0.2) is 0 Å². The van der Waals surface area contributed by atoms with Gasteiger partial charge < -0.3 is 4.74 Å². The second-order valence-corrected chi connectivity index (χ2v) is 6.27. The molecule has 0 aromatic heterocycles. The first-order chi connectivity index (χ1) is 10.3. The van der Waals surface area contributed by atoms with Gasteiger partial charge >= 0.3 is 5.97 Å². The van der Waals surface area contributed by atoms with E-state index in [1.54, 1.807) is 12.1 Å². The Bertz CT molecular complexity index is 726. The van der Waals surface area contributed by atoms with E-state index in [9.17, 15) is 4.79 Å². The summed E-state index contributed by atoms with van der Waals surface area (Å²) in [6.45, 7) is 7.58. The Hall–Kier alpha value is -2.53. The molecule has 2 heteroatoms. The predicted octanol–water partition coefficient (Wildman–Crippen LogP) is 4.60. The summed E-state index contributed by atoms with van der Waals surface area (Å²) in [5.41, 5.74) is 4.01. The van der Waals surface area contributed by atoms with Crippen molar-refractivity contribution in [2.24, 2.45) is 0 Å². The van der Waals surface area contributed by atoms with Crippen LogP contribution in [-0.2, 0) is 4.74 Å². The lowest BCUT2D eigenvalue weighted by atomic mass is 9.97. The van der Waals surface area contributed by atoms with E-state index < -0.39 is 5.60 Å². The summed E-state index contributed by atoms with van der Waals surface area (Å²) in [5, 5.41) is 0. The van der Waals surface area contributed by atoms with Crippen LogP contribution in [0.5, 0.6) is 0 Å². The number of carbonyl (C=O) groups excluding carboxylic acids is 1. The molecule has 2 rings (SSSR count). The second kappa shape index (κ2) is 6.07. The Morgan fingerprint density at radius 3 is 2.27 bits per heavy atom. The normalized spacial score (nSPS) is 10.9. The lowest BCUT2D eigenvalue weighted by Crippen LogP contribution is -2.23. The van der Waals surface area contributed by atoms with E-state index in [0.717, 1.165) is 22.3 Å². The third-order valence-electron chi connectivity index (χ3n) is 3.16. The first kappa shape index (κ1) is 15.9. The summed E-state index contributed by atoms with van der Waals surface area (Å²) in [5.74, 6) is 2.38. The molecule has 0 unspecified atom stereocenters. The SMILES string of the molecule is C#Cc1ccc(C)cc1-c1ccc(C(=O)OC(C)(C)C)cc1. The quantitative estimate of drug-likeness (QED) is 0.597. The van der Waals surface area contributed by atoms with Crippen LogP contribution in [0.2, 0.25) is 0 Å². The lowest BCUT2D eigenvalue weighted by molar-refractivity contribution is 0.00696. The largest absolute Gasteiger partial charge is 0.456 e. The van der Waals surface area contributed by atoms with E-state index in [1.165, 1.54) is 0 Å². The maximum Gasteiger partial charge on any atom is 0.338 e. The number of carbonyl (C=O) groups is 1. The molecule has 2 nitrogen and oxygen atoms in total. The number of aryl methyl sites for hydroxylation is 1. The number of esters is 1. The van der Waals surface area contributed by atoms with E-state index in [1.807, 2.05) is 52.0 Å². The third kappa shape index (κ3) is 3.77. The minimum absolute atomic E-state index is 0.319. The summed E-state index contributed by atoms with van der Waals surface area (Å²) < 4.78 is 5.36. The summed E-state index contributed by atoms with van der Waals surface area (Å²) >= 11 is 0. The summed E-state index contributed by atoms with van der Waals surface area (Å²) in [7, 11) is 0. The highest BCUT2D eigenvalue weighted by Gasteiger charge is 2.17. The fourth-order valence-electron chi connectivity index (χ4n) is 2.15. The van der Waals surface area contributed by atoms with E-state index in [-0.39, 0.29) is 5.97 Å². The number of hydrogen-bond donors (Lipinski definition) is 0. The number of terminal acetylenes is 1.